The molecular weight excluding hydrogens is 320 g/mol. The number of amides is 1. The lowest BCUT2D eigenvalue weighted by molar-refractivity contribution is -0.120. The number of rotatable bonds is 7. The first-order valence-corrected chi connectivity index (χ1v) is 8.88. The number of hydrogen-bond donors (Lipinski definition) is 1. The molecule has 1 atom stereocenters. The van der Waals surface area contributed by atoms with Crippen molar-refractivity contribution in [3.05, 3.63) is 59.4 Å². The van der Waals surface area contributed by atoms with Crippen LogP contribution in [0, 0.1) is 0 Å². The van der Waals surface area contributed by atoms with Gasteiger partial charge in [-0.1, -0.05) is 30.3 Å². The molecule has 2 aromatic heterocycles. The average molecular weight is 342 g/mol. The summed E-state index contributed by atoms with van der Waals surface area (Å²) >= 11 is 1.57. The molecule has 0 radical (unpaired) electrons. The molecule has 1 unspecified atom stereocenters. The van der Waals surface area contributed by atoms with Gasteiger partial charge in [0.25, 0.3) is 0 Å². The van der Waals surface area contributed by atoms with Crippen molar-refractivity contribution >= 4 is 22.2 Å². The number of nitrogens with one attached hydrogen (secondary N) is 1. The van der Waals surface area contributed by atoms with Gasteiger partial charge in [-0.2, -0.15) is 0 Å². The molecule has 3 aromatic rings. The summed E-state index contributed by atoms with van der Waals surface area (Å²) in [6.45, 7) is 0.628. The lowest BCUT2D eigenvalue weighted by Gasteiger charge is -2.24. The normalized spacial score (nSPS) is 12.6. The van der Waals surface area contributed by atoms with Crippen LogP contribution in [0.1, 0.15) is 11.3 Å². The van der Waals surface area contributed by atoms with Gasteiger partial charge in [0.05, 0.1) is 12.1 Å². The number of hydrogen-bond acceptors (Lipinski definition) is 4. The molecule has 3 rings (SSSR count). The molecule has 5 nitrogen and oxygen atoms in total. The van der Waals surface area contributed by atoms with Gasteiger partial charge >= 0.3 is 0 Å². The number of benzene rings is 1. The predicted octanol–water partition coefficient (Wildman–Crippen LogP) is 2.23. The minimum absolute atomic E-state index is 0.0145. The first kappa shape index (κ1) is 16.7. The third-order valence-electron chi connectivity index (χ3n) is 4.06. The lowest BCUT2D eigenvalue weighted by Crippen LogP contribution is -2.42. The van der Waals surface area contributed by atoms with E-state index in [2.05, 4.69) is 27.3 Å². The SMILES string of the molecule is CN(C)C(CNC(=O)Cc1cn2ccsc2n1)Cc1ccccc1. The van der Waals surface area contributed by atoms with E-state index in [1.54, 1.807) is 11.3 Å². The molecule has 1 amide bonds. The maximum atomic E-state index is 12.2. The maximum Gasteiger partial charge on any atom is 0.226 e. The molecule has 1 aromatic carbocycles. The molecule has 0 saturated carbocycles. The van der Waals surface area contributed by atoms with Crippen LogP contribution in [0.15, 0.2) is 48.1 Å². The third-order valence-corrected chi connectivity index (χ3v) is 4.83. The van der Waals surface area contributed by atoms with E-state index in [0.717, 1.165) is 17.1 Å². The molecule has 0 aliphatic rings. The molecule has 6 heteroatoms. The van der Waals surface area contributed by atoms with Crippen LogP contribution in [0.3, 0.4) is 0 Å². The molecule has 126 valence electrons. The summed E-state index contributed by atoms with van der Waals surface area (Å²) in [5.41, 5.74) is 2.09. The lowest BCUT2D eigenvalue weighted by atomic mass is 10.1. The second-order valence-corrected chi connectivity index (χ2v) is 6.99. The first-order chi connectivity index (χ1) is 11.6. The summed E-state index contributed by atoms with van der Waals surface area (Å²) in [5.74, 6) is 0.0145. The third kappa shape index (κ3) is 4.21. The molecule has 0 aliphatic heterocycles. The summed E-state index contributed by atoms with van der Waals surface area (Å²) in [6.07, 6.45) is 5.10. The van der Waals surface area contributed by atoms with Gasteiger partial charge in [0, 0.05) is 30.4 Å². The van der Waals surface area contributed by atoms with E-state index in [4.69, 9.17) is 0 Å². The Morgan fingerprint density at radius 3 is 2.83 bits per heavy atom. The van der Waals surface area contributed by atoms with E-state index >= 15 is 0 Å². The summed E-state index contributed by atoms with van der Waals surface area (Å²) in [7, 11) is 4.09. The standard InChI is InChI=1S/C18H22N4OS/c1-21(2)16(10-14-6-4-3-5-7-14)12-19-17(23)11-15-13-22-8-9-24-18(22)20-15/h3-9,13,16H,10-12H2,1-2H3,(H,19,23). The predicted molar refractivity (Wildman–Crippen MR) is 97.4 cm³/mol. The minimum Gasteiger partial charge on any atom is -0.354 e. The van der Waals surface area contributed by atoms with Crippen molar-refractivity contribution in [1.82, 2.24) is 19.6 Å². The molecule has 0 saturated heterocycles. The smallest absolute Gasteiger partial charge is 0.226 e. The Morgan fingerprint density at radius 2 is 2.12 bits per heavy atom. The fourth-order valence-corrected chi connectivity index (χ4v) is 3.36. The van der Waals surface area contributed by atoms with Crippen molar-refractivity contribution in [3.8, 4) is 0 Å². The van der Waals surface area contributed by atoms with Crippen LogP contribution < -0.4 is 5.32 Å². The Bertz CT molecular complexity index is 765. The van der Waals surface area contributed by atoms with Gasteiger partial charge < -0.3 is 10.2 Å². The molecule has 0 aliphatic carbocycles. The van der Waals surface area contributed by atoms with E-state index in [0.29, 0.717) is 13.0 Å². The summed E-state index contributed by atoms with van der Waals surface area (Å²) in [5, 5.41) is 5.03. The summed E-state index contributed by atoms with van der Waals surface area (Å²) < 4.78 is 1.95. The average Bonchev–Trinajstić information content (AvgIpc) is 3.13. The largest absolute Gasteiger partial charge is 0.354 e. The van der Waals surface area contributed by atoms with Crippen molar-refractivity contribution in [2.75, 3.05) is 20.6 Å². The van der Waals surface area contributed by atoms with Gasteiger partial charge in [0.15, 0.2) is 4.96 Å². The highest BCUT2D eigenvalue weighted by molar-refractivity contribution is 7.15. The fourth-order valence-electron chi connectivity index (χ4n) is 2.64. The zero-order valence-corrected chi connectivity index (χ0v) is 14.8. The fraction of sp³-hybridized carbons (Fsp3) is 0.333. The van der Waals surface area contributed by atoms with Crippen LogP contribution in [-0.4, -0.2) is 46.9 Å². The number of imidazole rings is 1. The second kappa shape index (κ2) is 7.59. The molecular formula is C18H22N4OS. The van der Waals surface area contributed by atoms with Crippen LogP contribution >= 0.6 is 11.3 Å². The molecule has 2 heterocycles. The van der Waals surface area contributed by atoms with Crippen LogP contribution in [0.25, 0.3) is 4.96 Å². The van der Waals surface area contributed by atoms with Gasteiger partial charge in [0.1, 0.15) is 0 Å². The number of thiazole rings is 1. The zero-order valence-electron chi connectivity index (χ0n) is 14.0. The van der Waals surface area contributed by atoms with E-state index in [-0.39, 0.29) is 11.9 Å². The molecule has 0 fully saturated rings. The van der Waals surface area contributed by atoms with Crippen molar-refractivity contribution in [2.24, 2.45) is 0 Å². The second-order valence-electron chi connectivity index (χ2n) is 6.11. The van der Waals surface area contributed by atoms with Gasteiger partial charge in [0.2, 0.25) is 5.91 Å². The summed E-state index contributed by atoms with van der Waals surface area (Å²) in [4.78, 5) is 19.7. The number of carbonyl (C=O) groups is 1. The molecule has 1 N–H and O–H groups in total. The monoisotopic (exact) mass is 342 g/mol. The molecule has 0 bridgehead atoms. The number of nitrogens with zero attached hydrogens (tertiary/aromatic N) is 3. The van der Waals surface area contributed by atoms with Crippen LogP contribution in [-0.2, 0) is 17.6 Å². The number of fused-ring (bicyclic) bond motifs is 1. The number of likely N-dealkylation sites (N-methyl/N-ethyl adjacent to an activating group) is 1. The van der Waals surface area contributed by atoms with Crippen LogP contribution in [0.2, 0.25) is 0 Å². The topological polar surface area (TPSA) is 49.6 Å². The molecule has 0 spiro atoms. The maximum absolute atomic E-state index is 12.2. The van der Waals surface area contributed by atoms with Gasteiger partial charge in [-0.15, -0.1) is 11.3 Å². The van der Waals surface area contributed by atoms with Gasteiger partial charge in [-0.3, -0.25) is 9.20 Å². The highest BCUT2D eigenvalue weighted by Gasteiger charge is 2.14. The first-order valence-electron chi connectivity index (χ1n) is 8.00. The Labute approximate surface area is 145 Å². The van der Waals surface area contributed by atoms with Crippen LogP contribution in [0.5, 0.6) is 0 Å². The Kier molecular flexibility index (Phi) is 5.27. The van der Waals surface area contributed by atoms with Crippen molar-refractivity contribution in [1.29, 1.82) is 0 Å². The van der Waals surface area contributed by atoms with E-state index < -0.39 is 0 Å². The van der Waals surface area contributed by atoms with E-state index in [1.807, 2.05) is 54.5 Å². The number of carbonyl (C=O) groups excluding carboxylic acids is 1. The van der Waals surface area contributed by atoms with Gasteiger partial charge in [-0.25, -0.2) is 4.98 Å². The van der Waals surface area contributed by atoms with E-state index in [1.165, 1.54) is 5.56 Å². The molecule has 24 heavy (non-hydrogen) atoms. The van der Waals surface area contributed by atoms with Crippen LogP contribution in [0.4, 0.5) is 0 Å². The number of aromatic nitrogens is 2. The quantitative estimate of drug-likeness (QED) is 0.716. The van der Waals surface area contributed by atoms with E-state index in [9.17, 15) is 4.79 Å². The zero-order chi connectivity index (χ0) is 16.9. The Hall–Kier alpha value is -2.18. The van der Waals surface area contributed by atoms with Crippen molar-refractivity contribution in [3.63, 3.8) is 0 Å². The highest BCUT2D eigenvalue weighted by atomic mass is 32.1. The van der Waals surface area contributed by atoms with Gasteiger partial charge in [-0.05, 0) is 26.1 Å². The van der Waals surface area contributed by atoms with Crippen molar-refractivity contribution < 1.29 is 4.79 Å². The summed E-state index contributed by atoms with van der Waals surface area (Å²) in [6, 6.07) is 10.6. The van der Waals surface area contributed by atoms with Crippen molar-refractivity contribution in [2.45, 2.75) is 18.9 Å². The minimum atomic E-state index is 0.0145. The Balaban J connectivity index is 1.53. The highest BCUT2D eigenvalue weighted by Crippen LogP contribution is 2.11. The Morgan fingerprint density at radius 1 is 1.33 bits per heavy atom.